The Balaban J connectivity index is 1.85. The van der Waals surface area contributed by atoms with E-state index in [0.29, 0.717) is 18.7 Å². The minimum atomic E-state index is -0.329. The Morgan fingerprint density at radius 3 is 2.70 bits per heavy atom. The monoisotopic (exact) mass is 273 g/mol. The molecule has 0 saturated carbocycles. The zero-order valence-electron chi connectivity index (χ0n) is 11.6. The number of hydrogen-bond donors (Lipinski definition) is 0. The molecule has 1 aromatic carbocycles. The highest BCUT2D eigenvalue weighted by atomic mass is 19.1. The molecule has 1 amide bonds. The predicted octanol–water partition coefficient (Wildman–Crippen LogP) is 2.07. The normalized spacial score (nSPS) is 14.2. The number of aromatic nitrogens is 2. The van der Waals surface area contributed by atoms with Crippen LogP contribution in [-0.2, 0) is 20.0 Å². The molecule has 0 spiro atoms. The zero-order chi connectivity index (χ0) is 14.3. The lowest BCUT2D eigenvalue weighted by molar-refractivity contribution is 0.0730. The second-order valence-electron chi connectivity index (χ2n) is 5.12. The standard InChI is InChI=1S/C15H16FN3O/c1-10-13-7-8-19(9-14(13)18(2)17-10)15(20)11-3-5-12(16)6-4-11/h3-6H,7-9H2,1-2H3. The van der Waals surface area contributed by atoms with E-state index in [-0.39, 0.29) is 11.7 Å². The lowest BCUT2D eigenvalue weighted by Gasteiger charge is -2.27. The van der Waals surface area contributed by atoms with Crippen LogP contribution in [0.2, 0.25) is 0 Å². The highest BCUT2D eigenvalue weighted by Crippen LogP contribution is 2.22. The van der Waals surface area contributed by atoms with Crippen LogP contribution >= 0.6 is 0 Å². The molecule has 0 aliphatic carbocycles. The van der Waals surface area contributed by atoms with Gasteiger partial charge in [-0.2, -0.15) is 5.10 Å². The van der Waals surface area contributed by atoms with Gasteiger partial charge in [0, 0.05) is 19.2 Å². The minimum absolute atomic E-state index is 0.0606. The van der Waals surface area contributed by atoms with E-state index in [2.05, 4.69) is 5.10 Å². The first-order valence-corrected chi connectivity index (χ1v) is 6.62. The summed E-state index contributed by atoms with van der Waals surface area (Å²) in [6, 6.07) is 5.69. The largest absolute Gasteiger partial charge is 0.332 e. The van der Waals surface area contributed by atoms with Crippen LogP contribution in [0.4, 0.5) is 4.39 Å². The van der Waals surface area contributed by atoms with E-state index in [9.17, 15) is 9.18 Å². The molecule has 4 nitrogen and oxygen atoms in total. The highest BCUT2D eigenvalue weighted by molar-refractivity contribution is 5.94. The molecule has 0 bridgehead atoms. The fourth-order valence-corrected chi connectivity index (χ4v) is 2.73. The van der Waals surface area contributed by atoms with E-state index in [1.54, 1.807) is 4.90 Å². The van der Waals surface area contributed by atoms with Crippen molar-refractivity contribution >= 4 is 5.91 Å². The Hall–Kier alpha value is -2.17. The summed E-state index contributed by atoms with van der Waals surface area (Å²) in [4.78, 5) is 14.2. The number of carbonyl (C=O) groups excluding carboxylic acids is 1. The summed E-state index contributed by atoms with van der Waals surface area (Å²) in [6.45, 7) is 3.23. The maximum Gasteiger partial charge on any atom is 0.254 e. The molecule has 5 heteroatoms. The summed E-state index contributed by atoms with van der Waals surface area (Å²) in [5.74, 6) is -0.390. The molecule has 0 radical (unpaired) electrons. The number of rotatable bonds is 1. The number of carbonyl (C=O) groups is 1. The smallest absolute Gasteiger partial charge is 0.254 e. The summed E-state index contributed by atoms with van der Waals surface area (Å²) in [6.07, 6.45) is 0.821. The van der Waals surface area contributed by atoms with Crippen molar-refractivity contribution in [2.24, 2.45) is 7.05 Å². The molecule has 2 heterocycles. The molecule has 104 valence electrons. The molecule has 0 unspecified atom stereocenters. The van der Waals surface area contributed by atoms with Crippen LogP contribution < -0.4 is 0 Å². The molecule has 0 fully saturated rings. The lowest BCUT2D eigenvalue weighted by atomic mass is 10.0. The van der Waals surface area contributed by atoms with Crippen molar-refractivity contribution in [2.45, 2.75) is 19.9 Å². The quantitative estimate of drug-likeness (QED) is 0.797. The molecule has 0 atom stereocenters. The van der Waals surface area contributed by atoms with E-state index in [4.69, 9.17) is 0 Å². The first kappa shape index (κ1) is 12.8. The fourth-order valence-electron chi connectivity index (χ4n) is 2.73. The molecule has 3 rings (SSSR count). The van der Waals surface area contributed by atoms with Gasteiger partial charge in [0.1, 0.15) is 5.82 Å². The van der Waals surface area contributed by atoms with Crippen molar-refractivity contribution in [3.8, 4) is 0 Å². The number of nitrogens with zero attached hydrogens (tertiary/aromatic N) is 3. The van der Waals surface area contributed by atoms with Gasteiger partial charge in [-0.25, -0.2) is 4.39 Å². The Labute approximate surface area is 116 Å². The maximum absolute atomic E-state index is 12.9. The van der Waals surface area contributed by atoms with Crippen LogP contribution in [0.1, 0.15) is 27.3 Å². The molecule has 20 heavy (non-hydrogen) atoms. The number of halogens is 1. The van der Waals surface area contributed by atoms with Crippen molar-refractivity contribution < 1.29 is 9.18 Å². The van der Waals surface area contributed by atoms with Crippen LogP contribution in [-0.4, -0.2) is 27.1 Å². The van der Waals surface area contributed by atoms with Gasteiger partial charge in [-0.3, -0.25) is 9.48 Å². The van der Waals surface area contributed by atoms with Gasteiger partial charge in [-0.15, -0.1) is 0 Å². The lowest BCUT2D eigenvalue weighted by Crippen LogP contribution is -2.36. The molecule has 0 N–H and O–H groups in total. The summed E-state index contributed by atoms with van der Waals surface area (Å²) in [5.41, 5.74) is 3.89. The highest BCUT2D eigenvalue weighted by Gasteiger charge is 2.25. The van der Waals surface area contributed by atoms with Gasteiger partial charge in [-0.05, 0) is 43.2 Å². The second-order valence-corrected chi connectivity index (χ2v) is 5.12. The Morgan fingerprint density at radius 1 is 1.30 bits per heavy atom. The first-order valence-electron chi connectivity index (χ1n) is 6.62. The minimum Gasteiger partial charge on any atom is -0.332 e. The number of amides is 1. The van der Waals surface area contributed by atoms with Crippen LogP contribution in [0.25, 0.3) is 0 Å². The van der Waals surface area contributed by atoms with Crippen LogP contribution in [0.5, 0.6) is 0 Å². The summed E-state index contributed by atoms with van der Waals surface area (Å²) in [5, 5.41) is 4.40. The SMILES string of the molecule is Cc1nn(C)c2c1CCN(C(=O)c1ccc(F)cc1)C2. The Kier molecular flexibility index (Phi) is 3.04. The van der Waals surface area contributed by atoms with Crippen LogP contribution in [0, 0.1) is 12.7 Å². The van der Waals surface area contributed by atoms with E-state index in [1.165, 1.54) is 29.8 Å². The van der Waals surface area contributed by atoms with Crippen molar-refractivity contribution in [1.29, 1.82) is 0 Å². The number of fused-ring (bicyclic) bond motifs is 1. The molecule has 1 aliphatic heterocycles. The van der Waals surface area contributed by atoms with Crippen molar-refractivity contribution in [3.63, 3.8) is 0 Å². The molecule has 1 aromatic heterocycles. The van der Waals surface area contributed by atoms with Crippen molar-refractivity contribution in [2.75, 3.05) is 6.54 Å². The van der Waals surface area contributed by atoms with Gasteiger partial charge >= 0.3 is 0 Å². The van der Waals surface area contributed by atoms with E-state index in [0.717, 1.165) is 17.8 Å². The second kappa shape index (κ2) is 4.74. The molecular weight excluding hydrogens is 257 g/mol. The van der Waals surface area contributed by atoms with Gasteiger partial charge in [0.05, 0.1) is 17.9 Å². The number of aryl methyl sites for hydroxylation is 2. The topological polar surface area (TPSA) is 38.1 Å². The average Bonchev–Trinajstić information content (AvgIpc) is 2.74. The van der Waals surface area contributed by atoms with Gasteiger partial charge < -0.3 is 4.90 Å². The van der Waals surface area contributed by atoms with E-state index >= 15 is 0 Å². The summed E-state index contributed by atoms with van der Waals surface area (Å²) in [7, 11) is 1.90. The van der Waals surface area contributed by atoms with Crippen molar-refractivity contribution in [1.82, 2.24) is 14.7 Å². The zero-order valence-corrected chi connectivity index (χ0v) is 11.6. The summed E-state index contributed by atoms with van der Waals surface area (Å²) >= 11 is 0. The number of benzene rings is 1. The maximum atomic E-state index is 12.9. The first-order chi connectivity index (χ1) is 9.56. The van der Waals surface area contributed by atoms with Crippen molar-refractivity contribution in [3.05, 3.63) is 52.6 Å². The number of hydrogen-bond acceptors (Lipinski definition) is 2. The third-order valence-corrected chi connectivity index (χ3v) is 3.83. The molecule has 1 aliphatic rings. The van der Waals surface area contributed by atoms with E-state index < -0.39 is 0 Å². The molecular formula is C15H16FN3O. The third-order valence-electron chi connectivity index (χ3n) is 3.83. The summed E-state index contributed by atoms with van der Waals surface area (Å²) < 4.78 is 14.8. The van der Waals surface area contributed by atoms with Crippen LogP contribution in [0.3, 0.4) is 0 Å². The van der Waals surface area contributed by atoms with Gasteiger partial charge in [-0.1, -0.05) is 0 Å². The predicted molar refractivity (Wildman–Crippen MR) is 72.8 cm³/mol. The van der Waals surface area contributed by atoms with Gasteiger partial charge in [0.25, 0.3) is 5.91 Å². The Bertz CT molecular complexity index is 661. The van der Waals surface area contributed by atoms with Gasteiger partial charge in [0.15, 0.2) is 0 Å². The van der Waals surface area contributed by atoms with E-state index in [1.807, 2.05) is 18.7 Å². The fraction of sp³-hybridized carbons (Fsp3) is 0.333. The van der Waals surface area contributed by atoms with Crippen LogP contribution in [0.15, 0.2) is 24.3 Å². The molecule has 2 aromatic rings. The Morgan fingerprint density at radius 2 is 2.00 bits per heavy atom. The molecule has 0 saturated heterocycles. The average molecular weight is 273 g/mol. The van der Waals surface area contributed by atoms with Gasteiger partial charge in [0.2, 0.25) is 0 Å². The third kappa shape index (κ3) is 2.09.